The van der Waals surface area contributed by atoms with Gasteiger partial charge in [-0.2, -0.15) is 0 Å². The number of hydrogen-bond acceptors (Lipinski definition) is 5. The zero-order valence-corrected chi connectivity index (χ0v) is 23.2. The predicted molar refractivity (Wildman–Crippen MR) is 164 cm³/mol. The predicted octanol–water partition coefficient (Wildman–Crippen LogP) is 5.61. The number of H-pyrrole nitrogens is 1. The van der Waals surface area contributed by atoms with E-state index in [0.717, 1.165) is 27.8 Å². The van der Waals surface area contributed by atoms with Crippen LogP contribution in [0, 0.1) is 0 Å². The average molecular weight is 582 g/mol. The highest BCUT2D eigenvalue weighted by atomic mass is 35.5. The maximum absolute atomic E-state index is 13.4. The summed E-state index contributed by atoms with van der Waals surface area (Å²) >= 11 is 0. The molecule has 212 valence electrons. The summed E-state index contributed by atoms with van der Waals surface area (Å²) in [6, 6.07) is 29.8. The fourth-order valence-corrected chi connectivity index (χ4v) is 5.27. The maximum atomic E-state index is 13.4. The van der Waals surface area contributed by atoms with Crippen molar-refractivity contribution in [3.05, 3.63) is 119 Å². The Morgan fingerprint density at radius 1 is 0.881 bits per heavy atom. The van der Waals surface area contributed by atoms with Gasteiger partial charge in [-0.1, -0.05) is 60.7 Å². The molecule has 0 fully saturated rings. The Kier molecular flexibility index (Phi) is 8.21. The number of carbonyl (C=O) groups is 3. The van der Waals surface area contributed by atoms with Gasteiger partial charge in [-0.3, -0.25) is 19.3 Å². The zero-order valence-electron chi connectivity index (χ0n) is 22.4. The second kappa shape index (κ2) is 12.2. The Balaban J connectivity index is 0.00000353. The lowest BCUT2D eigenvalue weighted by Gasteiger charge is -2.22. The number of fused-ring (bicyclic) bond motifs is 3. The summed E-state index contributed by atoms with van der Waals surface area (Å²) in [5.74, 6) is -1.45. The van der Waals surface area contributed by atoms with Crippen LogP contribution in [-0.2, 0) is 16.1 Å². The summed E-state index contributed by atoms with van der Waals surface area (Å²) in [5.41, 5.74) is 5.97. The van der Waals surface area contributed by atoms with Crippen LogP contribution in [0.2, 0.25) is 0 Å². The second-order valence-corrected chi connectivity index (χ2v) is 9.89. The van der Waals surface area contributed by atoms with Gasteiger partial charge in [-0.15, -0.1) is 12.4 Å². The van der Waals surface area contributed by atoms with Crippen LogP contribution in [-0.4, -0.2) is 39.4 Å². The molecule has 6 rings (SSSR count). The van der Waals surface area contributed by atoms with Gasteiger partial charge in [0.25, 0.3) is 5.91 Å². The third-order valence-electron chi connectivity index (χ3n) is 7.19. The summed E-state index contributed by atoms with van der Waals surface area (Å²) in [5, 5.41) is 15.8. The van der Waals surface area contributed by atoms with Gasteiger partial charge in [0.15, 0.2) is 0 Å². The number of carboxylic acid groups (broad SMARTS) is 1. The molecule has 0 spiro atoms. The average Bonchev–Trinajstić information content (AvgIpc) is 3.37. The van der Waals surface area contributed by atoms with Crippen molar-refractivity contribution < 1.29 is 19.5 Å². The molecule has 2 heterocycles. The van der Waals surface area contributed by atoms with E-state index in [9.17, 15) is 19.5 Å². The lowest BCUT2D eigenvalue weighted by atomic mass is 9.85. The highest BCUT2D eigenvalue weighted by Crippen LogP contribution is 2.40. The molecule has 0 radical (unpaired) electrons. The van der Waals surface area contributed by atoms with Crippen molar-refractivity contribution in [1.29, 1.82) is 0 Å². The number of anilines is 3. The number of hydrogen-bond donors (Lipinski definition) is 4. The van der Waals surface area contributed by atoms with Crippen molar-refractivity contribution in [1.82, 2.24) is 15.3 Å². The number of para-hydroxylation sites is 3. The minimum absolute atomic E-state index is 0. The molecule has 1 atom stereocenters. The first-order valence-corrected chi connectivity index (χ1v) is 13.2. The standard InChI is InChI=1S/C32H27N5O4.ClH/c38-29(33-18-20-13-15-21(16-14-20)34-32-35-26-10-4-5-11-27(26)36-32)17-25-22-7-1-2-9-24(22)31(41)37(19-30(39)40)28-12-6-3-8-23(25)28;/h1-16,25H,17-19H2,(H,33,38)(H,39,40)(H2,34,35,36);1H. The Bertz CT molecular complexity index is 1740. The summed E-state index contributed by atoms with van der Waals surface area (Å²) in [6.07, 6.45) is 0.105. The van der Waals surface area contributed by atoms with E-state index in [0.29, 0.717) is 29.3 Å². The van der Waals surface area contributed by atoms with Crippen LogP contribution in [0.3, 0.4) is 0 Å². The monoisotopic (exact) mass is 581 g/mol. The maximum Gasteiger partial charge on any atom is 0.323 e. The fourth-order valence-electron chi connectivity index (χ4n) is 5.27. The van der Waals surface area contributed by atoms with Crippen LogP contribution in [0.4, 0.5) is 17.3 Å². The third-order valence-corrected chi connectivity index (χ3v) is 7.19. The normalized spacial score (nSPS) is 13.9. The van der Waals surface area contributed by atoms with Crippen molar-refractivity contribution in [2.24, 2.45) is 0 Å². The van der Waals surface area contributed by atoms with Crippen LogP contribution in [0.5, 0.6) is 0 Å². The molecule has 42 heavy (non-hydrogen) atoms. The number of carbonyl (C=O) groups excluding carboxylic acids is 2. The van der Waals surface area contributed by atoms with Crippen LogP contribution in [0.1, 0.15) is 39.4 Å². The molecule has 2 amide bonds. The van der Waals surface area contributed by atoms with Crippen LogP contribution < -0.4 is 15.5 Å². The van der Waals surface area contributed by atoms with Gasteiger partial charge in [0.2, 0.25) is 11.9 Å². The van der Waals surface area contributed by atoms with E-state index in [2.05, 4.69) is 20.6 Å². The van der Waals surface area contributed by atoms with Crippen LogP contribution in [0.25, 0.3) is 11.0 Å². The number of benzene rings is 4. The first kappa shape index (κ1) is 28.4. The third kappa shape index (κ3) is 5.82. The van der Waals surface area contributed by atoms with Crippen LogP contribution in [0.15, 0.2) is 97.1 Å². The molecule has 0 saturated carbocycles. The van der Waals surface area contributed by atoms with Crippen molar-refractivity contribution >= 4 is 58.5 Å². The van der Waals surface area contributed by atoms with Gasteiger partial charge in [0, 0.05) is 35.8 Å². The smallest absolute Gasteiger partial charge is 0.323 e. The molecule has 1 aliphatic rings. The number of aliphatic carboxylic acids is 1. The topological polar surface area (TPSA) is 127 Å². The summed E-state index contributed by atoms with van der Waals surface area (Å²) in [6.45, 7) is -0.131. The summed E-state index contributed by atoms with van der Waals surface area (Å²) in [7, 11) is 0. The number of amides is 2. The quantitative estimate of drug-likeness (QED) is 0.189. The van der Waals surface area contributed by atoms with E-state index in [1.807, 2.05) is 72.8 Å². The van der Waals surface area contributed by atoms with Crippen molar-refractivity contribution in [3.8, 4) is 0 Å². The fraction of sp³-hybridized carbons (Fsp3) is 0.125. The SMILES string of the molecule is Cl.O=C(O)CN1C(=O)c2ccccc2C(CC(=O)NCc2ccc(Nc3nc4ccccc4[nH]3)cc2)c2ccccc21. The Morgan fingerprint density at radius 2 is 1.57 bits per heavy atom. The van der Waals surface area contributed by atoms with E-state index < -0.39 is 24.3 Å². The lowest BCUT2D eigenvalue weighted by Crippen LogP contribution is -2.35. The number of aromatic nitrogens is 2. The molecular formula is C32H28ClN5O4. The molecular weight excluding hydrogens is 554 g/mol. The molecule has 0 aliphatic carbocycles. The molecule has 5 aromatic rings. The van der Waals surface area contributed by atoms with Crippen LogP contribution >= 0.6 is 12.4 Å². The Hall–Kier alpha value is -5.15. The molecule has 1 unspecified atom stereocenters. The largest absolute Gasteiger partial charge is 0.480 e. The highest BCUT2D eigenvalue weighted by molar-refractivity contribution is 6.11. The van der Waals surface area contributed by atoms with E-state index in [4.69, 9.17) is 0 Å². The Labute approximate surface area is 248 Å². The minimum Gasteiger partial charge on any atom is -0.480 e. The number of imidazole rings is 1. The van der Waals surface area contributed by atoms with Gasteiger partial charge in [-0.05, 0) is 53.1 Å². The molecule has 10 heteroatoms. The van der Waals surface area contributed by atoms with Gasteiger partial charge < -0.3 is 20.7 Å². The molecule has 4 N–H and O–H groups in total. The van der Waals surface area contributed by atoms with Gasteiger partial charge in [0.1, 0.15) is 6.54 Å². The number of nitrogens with one attached hydrogen (secondary N) is 3. The van der Waals surface area contributed by atoms with Crippen molar-refractivity contribution in [2.45, 2.75) is 18.9 Å². The first-order chi connectivity index (χ1) is 20.0. The van der Waals surface area contributed by atoms with E-state index in [1.165, 1.54) is 4.90 Å². The molecule has 0 saturated heterocycles. The van der Waals surface area contributed by atoms with Gasteiger partial charge in [-0.25, -0.2) is 4.98 Å². The van der Waals surface area contributed by atoms with E-state index in [-0.39, 0.29) is 24.7 Å². The zero-order chi connectivity index (χ0) is 28.3. The number of aromatic amines is 1. The Morgan fingerprint density at radius 3 is 2.33 bits per heavy atom. The van der Waals surface area contributed by atoms with E-state index in [1.54, 1.807) is 24.3 Å². The molecule has 1 aliphatic heterocycles. The second-order valence-electron chi connectivity index (χ2n) is 9.89. The number of nitrogens with zero attached hydrogens (tertiary/aromatic N) is 2. The molecule has 4 aromatic carbocycles. The van der Waals surface area contributed by atoms with Gasteiger partial charge >= 0.3 is 5.97 Å². The van der Waals surface area contributed by atoms with Crippen molar-refractivity contribution in [2.75, 3.05) is 16.8 Å². The molecule has 9 nitrogen and oxygen atoms in total. The minimum atomic E-state index is -1.11. The molecule has 0 bridgehead atoms. The van der Waals surface area contributed by atoms with E-state index >= 15 is 0 Å². The van der Waals surface area contributed by atoms with Gasteiger partial charge in [0.05, 0.1) is 11.0 Å². The number of carboxylic acids is 1. The summed E-state index contributed by atoms with van der Waals surface area (Å²) in [4.78, 5) is 47.3. The lowest BCUT2D eigenvalue weighted by molar-refractivity contribution is -0.135. The number of rotatable bonds is 8. The number of halogens is 1. The first-order valence-electron chi connectivity index (χ1n) is 13.2. The summed E-state index contributed by atoms with van der Waals surface area (Å²) < 4.78 is 0. The van der Waals surface area contributed by atoms with Crippen molar-refractivity contribution in [3.63, 3.8) is 0 Å². The highest BCUT2D eigenvalue weighted by Gasteiger charge is 2.34. The molecule has 1 aromatic heterocycles.